The second-order valence-corrected chi connectivity index (χ2v) is 7.45. The summed E-state index contributed by atoms with van der Waals surface area (Å²) >= 11 is 0. The number of carbonyl (C=O) groups excluding carboxylic acids is 1. The van der Waals surface area contributed by atoms with Crippen LogP contribution in [0.2, 0.25) is 0 Å². The number of carbonyl (C=O) groups is 1. The molecule has 2 rings (SSSR count). The Hall–Kier alpha value is -1.68. The molecule has 1 aromatic rings. The lowest BCUT2D eigenvalue weighted by Crippen LogP contribution is -2.45. The molecule has 23 heavy (non-hydrogen) atoms. The van der Waals surface area contributed by atoms with Crippen molar-refractivity contribution in [3.63, 3.8) is 0 Å². The number of aliphatic hydroxyl groups excluding tert-OH is 1. The van der Waals surface area contributed by atoms with Crippen molar-refractivity contribution in [2.24, 2.45) is 0 Å². The second kappa shape index (κ2) is 6.44. The molecule has 9 heteroatoms. The maximum absolute atomic E-state index is 12.2. The molecule has 3 N–H and O–H groups in total. The number of sulfonamides is 1. The van der Waals surface area contributed by atoms with Crippen molar-refractivity contribution in [2.75, 3.05) is 25.6 Å². The number of benzene rings is 1. The zero-order chi connectivity index (χ0) is 17.3. The van der Waals surface area contributed by atoms with E-state index in [1.54, 1.807) is 13.8 Å². The Morgan fingerprint density at radius 2 is 2.13 bits per heavy atom. The molecular formula is C14H20N2O6S. The summed E-state index contributed by atoms with van der Waals surface area (Å²) in [6, 6.07) is 4.17. The smallest absolute Gasteiger partial charge is 0.268 e. The molecule has 1 aromatic carbocycles. The van der Waals surface area contributed by atoms with E-state index < -0.39 is 21.7 Å². The quantitative estimate of drug-likeness (QED) is 0.673. The largest absolute Gasteiger partial charge is 0.476 e. The summed E-state index contributed by atoms with van der Waals surface area (Å²) < 4.78 is 37.0. The van der Waals surface area contributed by atoms with Gasteiger partial charge in [0.1, 0.15) is 5.75 Å². The highest BCUT2D eigenvalue weighted by Crippen LogP contribution is 2.35. The summed E-state index contributed by atoms with van der Waals surface area (Å²) in [6.07, 6.45) is -0.948. The van der Waals surface area contributed by atoms with Crippen molar-refractivity contribution in [1.82, 2.24) is 4.72 Å². The molecule has 0 aliphatic carbocycles. The summed E-state index contributed by atoms with van der Waals surface area (Å²) in [5, 5.41) is 12.1. The summed E-state index contributed by atoms with van der Waals surface area (Å²) in [6.45, 7) is 3.08. The number of anilines is 1. The number of rotatable bonds is 6. The van der Waals surface area contributed by atoms with E-state index in [1.165, 1.54) is 25.3 Å². The van der Waals surface area contributed by atoms with Crippen molar-refractivity contribution in [3.8, 4) is 5.75 Å². The molecule has 0 saturated heterocycles. The molecule has 1 heterocycles. The van der Waals surface area contributed by atoms with E-state index in [0.717, 1.165) is 0 Å². The van der Waals surface area contributed by atoms with Crippen molar-refractivity contribution in [2.45, 2.75) is 30.4 Å². The van der Waals surface area contributed by atoms with Gasteiger partial charge in [0.15, 0.2) is 5.60 Å². The molecule has 0 spiro atoms. The number of hydrogen-bond donors (Lipinski definition) is 3. The predicted molar refractivity (Wildman–Crippen MR) is 82.9 cm³/mol. The van der Waals surface area contributed by atoms with Crippen LogP contribution in [0.1, 0.15) is 13.8 Å². The first-order valence-corrected chi connectivity index (χ1v) is 8.45. The molecule has 0 bridgehead atoms. The van der Waals surface area contributed by atoms with Crippen LogP contribution in [0.4, 0.5) is 5.69 Å². The fraction of sp³-hybridized carbons (Fsp3) is 0.500. The van der Waals surface area contributed by atoms with Crippen LogP contribution in [0.15, 0.2) is 23.1 Å². The van der Waals surface area contributed by atoms with Crippen LogP contribution >= 0.6 is 0 Å². The van der Waals surface area contributed by atoms with E-state index >= 15 is 0 Å². The highest BCUT2D eigenvalue weighted by molar-refractivity contribution is 7.89. The minimum Gasteiger partial charge on any atom is -0.476 e. The van der Waals surface area contributed by atoms with Crippen LogP contribution in [0, 0.1) is 0 Å². The lowest BCUT2D eigenvalue weighted by atomic mass is 10.1. The van der Waals surface area contributed by atoms with E-state index in [1.807, 2.05) is 0 Å². The average Bonchev–Trinajstić information content (AvgIpc) is 2.46. The van der Waals surface area contributed by atoms with Crippen LogP contribution in [-0.4, -0.2) is 51.4 Å². The second-order valence-electron chi connectivity index (χ2n) is 5.69. The molecule has 0 radical (unpaired) electrons. The Morgan fingerprint density at radius 3 is 2.78 bits per heavy atom. The molecule has 1 unspecified atom stereocenters. The Balaban J connectivity index is 2.19. The lowest BCUT2D eigenvalue weighted by Gasteiger charge is -2.31. The van der Waals surface area contributed by atoms with Gasteiger partial charge in [-0.2, -0.15) is 0 Å². The maximum atomic E-state index is 12.2. The summed E-state index contributed by atoms with van der Waals surface area (Å²) in [5.41, 5.74) is -0.731. The minimum absolute atomic E-state index is 0.0195. The van der Waals surface area contributed by atoms with Gasteiger partial charge < -0.3 is 19.9 Å². The molecule has 8 nitrogen and oxygen atoms in total. The first-order chi connectivity index (χ1) is 10.7. The first kappa shape index (κ1) is 17.7. The molecule has 1 atom stereocenters. The minimum atomic E-state index is -3.83. The SMILES string of the molecule is COCC(O)CNS(=O)(=O)c1ccc2c(c1)NC(=O)C(C)(C)O2. The molecule has 128 valence electrons. The van der Waals surface area contributed by atoms with Crippen LogP contribution in [0.25, 0.3) is 0 Å². The average molecular weight is 344 g/mol. The van der Waals surface area contributed by atoms with E-state index in [2.05, 4.69) is 10.0 Å². The Labute approximate surface area is 134 Å². The molecular weight excluding hydrogens is 324 g/mol. The first-order valence-electron chi connectivity index (χ1n) is 6.97. The number of nitrogens with one attached hydrogen (secondary N) is 2. The van der Waals surface area contributed by atoms with Gasteiger partial charge in [-0.1, -0.05) is 0 Å². The molecule has 1 aliphatic rings. The number of amides is 1. The number of hydrogen-bond acceptors (Lipinski definition) is 6. The van der Waals surface area contributed by atoms with E-state index in [4.69, 9.17) is 9.47 Å². The summed E-state index contributed by atoms with van der Waals surface area (Å²) in [7, 11) is -2.42. The predicted octanol–water partition coefficient (Wildman–Crippen LogP) is 0.0817. The van der Waals surface area contributed by atoms with Gasteiger partial charge in [0.05, 0.1) is 23.3 Å². The van der Waals surface area contributed by atoms with Crippen molar-refractivity contribution in [1.29, 1.82) is 0 Å². The van der Waals surface area contributed by atoms with Crippen molar-refractivity contribution < 1.29 is 27.8 Å². The van der Waals surface area contributed by atoms with Crippen molar-refractivity contribution >= 4 is 21.6 Å². The molecule has 0 aromatic heterocycles. The van der Waals surface area contributed by atoms with E-state index in [0.29, 0.717) is 5.75 Å². The normalized spacial score (nSPS) is 17.8. The topological polar surface area (TPSA) is 114 Å². The number of methoxy groups -OCH3 is 1. The standard InChI is InChI=1S/C14H20N2O6S/c1-14(2)13(18)16-11-6-10(4-5-12(11)22-14)23(19,20)15-7-9(17)8-21-3/h4-6,9,15,17H,7-8H2,1-3H3,(H,16,18). The zero-order valence-corrected chi connectivity index (χ0v) is 13.9. The monoisotopic (exact) mass is 344 g/mol. The van der Waals surface area contributed by atoms with Gasteiger partial charge in [-0.15, -0.1) is 0 Å². The van der Waals surface area contributed by atoms with Gasteiger partial charge in [-0.3, -0.25) is 4.79 Å². The van der Waals surface area contributed by atoms with Crippen LogP contribution in [0.3, 0.4) is 0 Å². The van der Waals surface area contributed by atoms with Crippen LogP contribution in [0.5, 0.6) is 5.75 Å². The zero-order valence-electron chi connectivity index (χ0n) is 13.1. The molecule has 0 fully saturated rings. The molecule has 0 saturated carbocycles. The third-order valence-corrected chi connectivity index (χ3v) is 4.71. The van der Waals surface area contributed by atoms with Crippen molar-refractivity contribution in [3.05, 3.63) is 18.2 Å². The summed E-state index contributed by atoms with van der Waals surface area (Å²) in [5.74, 6) is 0.0380. The molecule has 1 amide bonds. The van der Waals surface area contributed by atoms with E-state index in [-0.39, 0.29) is 29.6 Å². The number of aliphatic hydroxyl groups is 1. The third kappa shape index (κ3) is 3.99. The Bertz CT molecular complexity index is 701. The number of fused-ring (bicyclic) bond motifs is 1. The highest BCUT2D eigenvalue weighted by atomic mass is 32.2. The van der Waals surface area contributed by atoms with Crippen LogP contribution < -0.4 is 14.8 Å². The fourth-order valence-corrected chi connectivity index (χ4v) is 3.10. The Morgan fingerprint density at radius 1 is 1.43 bits per heavy atom. The number of ether oxygens (including phenoxy) is 2. The van der Waals surface area contributed by atoms with Gasteiger partial charge in [0.25, 0.3) is 5.91 Å². The van der Waals surface area contributed by atoms with Gasteiger partial charge >= 0.3 is 0 Å². The summed E-state index contributed by atoms with van der Waals surface area (Å²) in [4.78, 5) is 11.8. The molecule has 1 aliphatic heterocycles. The van der Waals surface area contributed by atoms with Gasteiger partial charge in [0.2, 0.25) is 10.0 Å². The van der Waals surface area contributed by atoms with Gasteiger partial charge in [-0.05, 0) is 32.0 Å². The fourth-order valence-electron chi connectivity index (χ4n) is 2.00. The van der Waals surface area contributed by atoms with Gasteiger partial charge in [-0.25, -0.2) is 13.1 Å². The maximum Gasteiger partial charge on any atom is 0.268 e. The van der Waals surface area contributed by atoms with Gasteiger partial charge in [0, 0.05) is 13.7 Å². The lowest BCUT2D eigenvalue weighted by molar-refractivity contribution is -0.129. The highest BCUT2D eigenvalue weighted by Gasteiger charge is 2.35. The van der Waals surface area contributed by atoms with Crippen LogP contribution in [-0.2, 0) is 19.6 Å². The van der Waals surface area contributed by atoms with E-state index in [9.17, 15) is 18.3 Å². The third-order valence-electron chi connectivity index (χ3n) is 3.29. The Kier molecular flexibility index (Phi) is 4.95.